The van der Waals surface area contributed by atoms with Crippen molar-refractivity contribution in [1.82, 2.24) is 4.90 Å². The third-order valence-corrected chi connectivity index (χ3v) is 4.06. The number of hydrogen-bond acceptors (Lipinski definition) is 2. The fourth-order valence-electron chi connectivity index (χ4n) is 2.34. The maximum absolute atomic E-state index is 5.79. The summed E-state index contributed by atoms with van der Waals surface area (Å²) < 4.78 is 5.79. The maximum Gasteiger partial charge on any atom is 0.0707 e. The van der Waals surface area contributed by atoms with Crippen LogP contribution in [-0.4, -0.2) is 42.1 Å². The number of nitrogens with zero attached hydrogens (tertiary/aromatic N) is 1. The SMILES string of the molecule is CC(CBr)CN1CC2CCC(C1)O2. The highest BCUT2D eigenvalue weighted by Gasteiger charge is 2.33. The van der Waals surface area contributed by atoms with E-state index in [0.29, 0.717) is 12.2 Å². The lowest BCUT2D eigenvalue weighted by atomic mass is 10.2. The van der Waals surface area contributed by atoms with Gasteiger partial charge in [-0.15, -0.1) is 0 Å². The molecule has 76 valence electrons. The van der Waals surface area contributed by atoms with E-state index in [1.165, 1.54) is 19.4 Å². The minimum atomic E-state index is 0.543. The number of hydrogen-bond donors (Lipinski definition) is 0. The van der Waals surface area contributed by atoms with Gasteiger partial charge in [0.1, 0.15) is 0 Å². The van der Waals surface area contributed by atoms with Crippen LogP contribution in [0.2, 0.25) is 0 Å². The molecule has 2 saturated heterocycles. The number of halogens is 1. The van der Waals surface area contributed by atoms with E-state index in [4.69, 9.17) is 4.74 Å². The second-order valence-electron chi connectivity index (χ2n) is 4.44. The molecule has 2 fully saturated rings. The molecule has 0 radical (unpaired) electrons. The van der Waals surface area contributed by atoms with Gasteiger partial charge in [0.05, 0.1) is 12.2 Å². The number of alkyl halides is 1. The van der Waals surface area contributed by atoms with E-state index < -0.39 is 0 Å². The molecule has 13 heavy (non-hydrogen) atoms. The van der Waals surface area contributed by atoms with Crippen LogP contribution in [0.25, 0.3) is 0 Å². The summed E-state index contributed by atoms with van der Waals surface area (Å²) in [4.78, 5) is 2.57. The molecule has 0 aromatic rings. The topological polar surface area (TPSA) is 12.5 Å². The molecule has 2 bridgehead atoms. The van der Waals surface area contributed by atoms with Crippen LogP contribution in [0.1, 0.15) is 19.8 Å². The molecule has 0 N–H and O–H groups in total. The van der Waals surface area contributed by atoms with Crippen molar-refractivity contribution in [3.63, 3.8) is 0 Å². The minimum Gasteiger partial charge on any atom is -0.372 e. The van der Waals surface area contributed by atoms with Gasteiger partial charge >= 0.3 is 0 Å². The highest BCUT2D eigenvalue weighted by Crippen LogP contribution is 2.26. The third-order valence-electron chi connectivity index (χ3n) is 2.95. The number of likely N-dealkylation sites (tertiary alicyclic amines) is 1. The van der Waals surface area contributed by atoms with Gasteiger partial charge in [-0.25, -0.2) is 0 Å². The zero-order chi connectivity index (χ0) is 9.26. The average molecular weight is 248 g/mol. The van der Waals surface area contributed by atoms with Crippen molar-refractivity contribution in [2.75, 3.05) is 25.0 Å². The van der Waals surface area contributed by atoms with E-state index in [9.17, 15) is 0 Å². The standard InChI is InChI=1S/C10H18BrNO/c1-8(4-11)5-12-6-9-2-3-10(7-12)13-9/h8-10H,2-7H2,1H3. The highest BCUT2D eigenvalue weighted by atomic mass is 79.9. The van der Waals surface area contributed by atoms with Crippen LogP contribution in [0.4, 0.5) is 0 Å². The number of morpholine rings is 1. The number of rotatable bonds is 3. The highest BCUT2D eigenvalue weighted by molar-refractivity contribution is 9.09. The van der Waals surface area contributed by atoms with Crippen LogP contribution in [0.5, 0.6) is 0 Å². The van der Waals surface area contributed by atoms with Crippen molar-refractivity contribution in [2.24, 2.45) is 5.92 Å². The Kier molecular flexibility index (Phi) is 3.27. The van der Waals surface area contributed by atoms with Crippen molar-refractivity contribution < 1.29 is 4.74 Å². The van der Waals surface area contributed by atoms with Gasteiger partial charge in [-0.2, -0.15) is 0 Å². The molecule has 0 spiro atoms. The smallest absolute Gasteiger partial charge is 0.0707 e. The Labute approximate surface area is 88.8 Å². The zero-order valence-corrected chi connectivity index (χ0v) is 9.79. The molecule has 2 heterocycles. The first-order valence-electron chi connectivity index (χ1n) is 5.21. The van der Waals surface area contributed by atoms with E-state index in [1.807, 2.05) is 0 Å². The van der Waals surface area contributed by atoms with Crippen LogP contribution in [0, 0.1) is 5.92 Å². The van der Waals surface area contributed by atoms with Crippen molar-refractivity contribution in [3.8, 4) is 0 Å². The predicted octanol–water partition coefficient (Wildman–Crippen LogP) is 1.88. The molecule has 2 aliphatic heterocycles. The van der Waals surface area contributed by atoms with Crippen LogP contribution in [0.15, 0.2) is 0 Å². The lowest BCUT2D eigenvalue weighted by Gasteiger charge is -2.33. The molecule has 3 heteroatoms. The summed E-state index contributed by atoms with van der Waals surface area (Å²) in [6.45, 7) is 5.84. The molecule has 0 aromatic carbocycles. The third kappa shape index (κ3) is 2.45. The summed E-state index contributed by atoms with van der Waals surface area (Å²) in [6, 6.07) is 0. The van der Waals surface area contributed by atoms with Gasteiger partial charge < -0.3 is 4.74 Å². The lowest BCUT2D eigenvalue weighted by Crippen LogP contribution is -2.44. The lowest BCUT2D eigenvalue weighted by molar-refractivity contribution is -0.0410. The molecule has 2 nitrogen and oxygen atoms in total. The van der Waals surface area contributed by atoms with Gasteiger partial charge in [-0.3, -0.25) is 4.90 Å². The van der Waals surface area contributed by atoms with Gasteiger partial charge in [0, 0.05) is 25.0 Å². The van der Waals surface area contributed by atoms with Gasteiger partial charge in [-0.05, 0) is 18.8 Å². The Hall–Kier alpha value is 0.400. The Morgan fingerprint density at radius 1 is 1.38 bits per heavy atom. The summed E-state index contributed by atoms with van der Waals surface area (Å²) in [5.41, 5.74) is 0. The molecule has 0 aromatic heterocycles. The largest absolute Gasteiger partial charge is 0.372 e. The zero-order valence-electron chi connectivity index (χ0n) is 8.21. The minimum absolute atomic E-state index is 0.543. The number of fused-ring (bicyclic) bond motifs is 2. The summed E-state index contributed by atoms with van der Waals surface area (Å²) in [7, 11) is 0. The predicted molar refractivity (Wildman–Crippen MR) is 57.3 cm³/mol. The Balaban J connectivity index is 1.81. The summed E-state index contributed by atoms with van der Waals surface area (Å²) in [5.74, 6) is 0.762. The summed E-state index contributed by atoms with van der Waals surface area (Å²) in [5, 5.41) is 1.11. The van der Waals surface area contributed by atoms with Crippen molar-refractivity contribution >= 4 is 15.9 Å². The molecule has 0 amide bonds. The fourth-order valence-corrected chi connectivity index (χ4v) is 2.54. The first-order valence-corrected chi connectivity index (χ1v) is 6.34. The maximum atomic E-state index is 5.79. The van der Waals surface area contributed by atoms with Crippen LogP contribution in [0.3, 0.4) is 0 Å². The second kappa shape index (κ2) is 4.28. The van der Waals surface area contributed by atoms with E-state index in [2.05, 4.69) is 27.8 Å². The molecular weight excluding hydrogens is 230 g/mol. The molecule has 2 aliphatic rings. The van der Waals surface area contributed by atoms with Crippen LogP contribution >= 0.6 is 15.9 Å². The van der Waals surface area contributed by atoms with Crippen LogP contribution < -0.4 is 0 Å². The molecule has 0 aliphatic carbocycles. The number of ether oxygens (including phenoxy) is 1. The van der Waals surface area contributed by atoms with E-state index >= 15 is 0 Å². The van der Waals surface area contributed by atoms with Crippen LogP contribution in [-0.2, 0) is 4.74 Å². The monoisotopic (exact) mass is 247 g/mol. The molecular formula is C10H18BrNO. The first-order chi connectivity index (χ1) is 6.28. The van der Waals surface area contributed by atoms with Crippen molar-refractivity contribution in [3.05, 3.63) is 0 Å². The van der Waals surface area contributed by atoms with Gasteiger partial charge in [0.15, 0.2) is 0 Å². The average Bonchev–Trinajstić information content (AvgIpc) is 2.46. The van der Waals surface area contributed by atoms with Gasteiger partial charge in [0.2, 0.25) is 0 Å². The first kappa shape index (κ1) is 9.94. The van der Waals surface area contributed by atoms with E-state index in [1.54, 1.807) is 0 Å². The van der Waals surface area contributed by atoms with Gasteiger partial charge in [0.25, 0.3) is 0 Å². The Bertz CT molecular complexity index is 164. The summed E-state index contributed by atoms with van der Waals surface area (Å²) >= 11 is 3.53. The molecule has 3 unspecified atom stereocenters. The summed E-state index contributed by atoms with van der Waals surface area (Å²) in [6.07, 6.45) is 3.65. The van der Waals surface area contributed by atoms with Gasteiger partial charge in [-0.1, -0.05) is 22.9 Å². The second-order valence-corrected chi connectivity index (χ2v) is 5.08. The molecule has 3 atom stereocenters. The Morgan fingerprint density at radius 2 is 2.00 bits per heavy atom. The molecule has 0 saturated carbocycles. The van der Waals surface area contributed by atoms with E-state index in [-0.39, 0.29) is 0 Å². The normalized spacial score (nSPS) is 36.5. The quantitative estimate of drug-likeness (QED) is 0.707. The Morgan fingerprint density at radius 3 is 2.54 bits per heavy atom. The fraction of sp³-hybridized carbons (Fsp3) is 1.00. The van der Waals surface area contributed by atoms with E-state index in [0.717, 1.165) is 24.3 Å². The van der Waals surface area contributed by atoms with Crippen molar-refractivity contribution in [2.45, 2.75) is 32.0 Å². The molecule has 2 rings (SSSR count). The van der Waals surface area contributed by atoms with Crippen molar-refractivity contribution in [1.29, 1.82) is 0 Å².